The lowest BCUT2D eigenvalue weighted by atomic mass is 9.99. The molecule has 0 aliphatic heterocycles. The summed E-state index contributed by atoms with van der Waals surface area (Å²) in [6, 6.07) is 3.69. The van der Waals surface area contributed by atoms with Crippen LogP contribution >= 0.6 is 12.2 Å². The number of hydrogen-bond donors (Lipinski definition) is 0. The van der Waals surface area contributed by atoms with Gasteiger partial charge >= 0.3 is 6.18 Å². The van der Waals surface area contributed by atoms with Crippen molar-refractivity contribution in [2.75, 3.05) is 13.6 Å². The molecule has 0 amide bonds. The van der Waals surface area contributed by atoms with Crippen molar-refractivity contribution in [2.45, 2.75) is 39.8 Å². The minimum Gasteiger partial charge on any atom is -0.366 e. The van der Waals surface area contributed by atoms with Crippen LogP contribution in [0.1, 0.15) is 36.5 Å². The number of halogens is 3. The Hall–Kier alpha value is -1.43. The molecule has 0 N–H and O–H groups in total. The van der Waals surface area contributed by atoms with Crippen molar-refractivity contribution in [3.63, 3.8) is 0 Å². The van der Waals surface area contributed by atoms with Crippen LogP contribution in [0.2, 0.25) is 0 Å². The third-order valence-corrected chi connectivity index (χ3v) is 3.80. The first-order valence-electron chi connectivity index (χ1n) is 7.09. The summed E-state index contributed by atoms with van der Waals surface area (Å²) in [5.74, 6) is 0. The summed E-state index contributed by atoms with van der Waals surface area (Å²) in [4.78, 5) is 6.69. The summed E-state index contributed by atoms with van der Waals surface area (Å²) in [7, 11) is 1.92. The number of benzene rings is 1. The zero-order chi connectivity index (χ0) is 16.9. The van der Waals surface area contributed by atoms with Crippen molar-refractivity contribution >= 4 is 29.1 Å². The molecule has 0 atom stereocenters. The van der Waals surface area contributed by atoms with E-state index in [4.69, 9.17) is 12.2 Å². The molecule has 0 aliphatic carbocycles. The summed E-state index contributed by atoms with van der Waals surface area (Å²) in [5, 5.41) is 0. The van der Waals surface area contributed by atoms with Crippen LogP contribution in [0, 0.1) is 13.8 Å². The van der Waals surface area contributed by atoms with Gasteiger partial charge in [-0.1, -0.05) is 12.2 Å². The Morgan fingerprint density at radius 3 is 2.45 bits per heavy atom. The zero-order valence-electron chi connectivity index (χ0n) is 13.3. The lowest BCUT2D eigenvalue weighted by molar-refractivity contribution is -0.132. The number of rotatable bonds is 6. The van der Waals surface area contributed by atoms with E-state index < -0.39 is 12.6 Å². The number of hydrogen-bond acceptors (Lipinski definition) is 2. The second-order valence-electron chi connectivity index (χ2n) is 5.31. The first kappa shape index (κ1) is 18.6. The van der Waals surface area contributed by atoms with Gasteiger partial charge in [0.2, 0.25) is 0 Å². The number of alkyl halides is 3. The topological polar surface area (TPSA) is 15.6 Å². The van der Waals surface area contributed by atoms with E-state index >= 15 is 0 Å². The second kappa shape index (κ2) is 7.72. The standard InChI is InChI=1S/C16H21F3N2S/c1-5-21(4)10-20-14-9-11(2)13(8-12(14)3)15(22)6-7-16(17,18)19/h8-10H,5-7H2,1-4H3. The highest BCUT2D eigenvalue weighted by atomic mass is 32.1. The molecule has 0 radical (unpaired) electrons. The smallest absolute Gasteiger partial charge is 0.366 e. The molecule has 0 saturated heterocycles. The van der Waals surface area contributed by atoms with E-state index in [1.165, 1.54) is 0 Å². The van der Waals surface area contributed by atoms with E-state index in [0.717, 1.165) is 23.4 Å². The Balaban J connectivity index is 2.94. The predicted molar refractivity (Wildman–Crippen MR) is 89.4 cm³/mol. The quantitative estimate of drug-likeness (QED) is 0.316. The first-order valence-corrected chi connectivity index (χ1v) is 7.50. The summed E-state index contributed by atoms with van der Waals surface area (Å²) >= 11 is 5.16. The van der Waals surface area contributed by atoms with Crippen LogP contribution in [0.5, 0.6) is 0 Å². The van der Waals surface area contributed by atoms with Crippen molar-refractivity contribution in [1.29, 1.82) is 0 Å². The molecule has 0 spiro atoms. The summed E-state index contributed by atoms with van der Waals surface area (Å²) in [5.41, 5.74) is 3.26. The molecule has 6 heteroatoms. The van der Waals surface area contributed by atoms with Gasteiger partial charge in [0.25, 0.3) is 0 Å². The van der Waals surface area contributed by atoms with Gasteiger partial charge in [-0.15, -0.1) is 0 Å². The molecular formula is C16H21F3N2S. The molecular weight excluding hydrogens is 309 g/mol. The second-order valence-corrected chi connectivity index (χ2v) is 5.80. The average molecular weight is 330 g/mol. The van der Waals surface area contributed by atoms with Gasteiger partial charge in [0.1, 0.15) is 0 Å². The van der Waals surface area contributed by atoms with Crippen LogP contribution in [0.25, 0.3) is 0 Å². The molecule has 2 nitrogen and oxygen atoms in total. The van der Waals surface area contributed by atoms with E-state index in [0.29, 0.717) is 10.4 Å². The predicted octanol–water partition coefficient (Wildman–Crippen LogP) is 4.98. The summed E-state index contributed by atoms with van der Waals surface area (Å²) in [6.07, 6.45) is -3.47. The maximum atomic E-state index is 12.3. The van der Waals surface area contributed by atoms with Crippen LogP contribution in [0.3, 0.4) is 0 Å². The summed E-state index contributed by atoms with van der Waals surface area (Å²) < 4.78 is 36.9. The van der Waals surface area contributed by atoms with Crippen molar-refractivity contribution in [2.24, 2.45) is 4.99 Å². The molecule has 0 aliphatic rings. The van der Waals surface area contributed by atoms with Crippen LogP contribution in [-0.4, -0.2) is 35.9 Å². The Kier molecular flexibility index (Phi) is 6.53. The lowest BCUT2D eigenvalue weighted by Gasteiger charge is -2.13. The van der Waals surface area contributed by atoms with Gasteiger partial charge in [-0.2, -0.15) is 13.2 Å². The van der Waals surface area contributed by atoms with Crippen molar-refractivity contribution < 1.29 is 13.2 Å². The Bertz CT molecular complexity index is 565. The van der Waals surface area contributed by atoms with Crippen molar-refractivity contribution in [1.82, 2.24) is 4.90 Å². The molecule has 0 saturated carbocycles. The lowest BCUT2D eigenvalue weighted by Crippen LogP contribution is -2.14. The van der Waals surface area contributed by atoms with Crippen LogP contribution < -0.4 is 0 Å². The number of thiocarbonyl (C=S) groups is 1. The van der Waals surface area contributed by atoms with Crippen LogP contribution in [0.15, 0.2) is 17.1 Å². The van der Waals surface area contributed by atoms with Crippen molar-refractivity contribution in [3.05, 3.63) is 28.8 Å². The maximum Gasteiger partial charge on any atom is 0.389 e. The summed E-state index contributed by atoms with van der Waals surface area (Å²) in [6.45, 7) is 6.60. The Morgan fingerprint density at radius 2 is 1.91 bits per heavy atom. The number of aryl methyl sites for hydroxylation is 2. The molecule has 1 aromatic rings. The Morgan fingerprint density at radius 1 is 1.27 bits per heavy atom. The molecule has 0 unspecified atom stereocenters. The molecule has 0 fully saturated rings. The fourth-order valence-corrected chi connectivity index (χ4v) is 2.19. The van der Waals surface area contributed by atoms with Gasteiger partial charge in [0, 0.05) is 24.9 Å². The fraction of sp³-hybridized carbons (Fsp3) is 0.500. The van der Waals surface area contributed by atoms with Gasteiger partial charge in [0.15, 0.2) is 0 Å². The third kappa shape index (κ3) is 5.75. The maximum absolute atomic E-state index is 12.3. The average Bonchev–Trinajstić information content (AvgIpc) is 2.44. The Labute approximate surface area is 135 Å². The molecule has 0 aromatic heterocycles. The first-order chi connectivity index (χ1) is 10.1. The van der Waals surface area contributed by atoms with Gasteiger partial charge in [-0.3, -0.25) is 0 Å². The molecule has 1 rings (SSSR count). The highest BCUT2D eigenvalue weighted by molar-refractivity contribution is 7.80. The third-order valence-electron chi connectivity index (χ3n) is 3.37. The van der Waals surface area contributed by atoms with E-state index in [-0.39, 0.29) is 6.42 Å². The van der Waals surface area contributed by atoms with E-state index in [1.54, 1.807) is 6.34 Å². The molecule has 1 aromatic carbocycles. The van der Waals surface area contributed by atoms with Gasteiger partial charge < -0.3 is 4.90 Å². The number of nitrogens with zero attached hydrogens (tertiary/aromatic N) is 2. The van der Waals surface area contributed by atoms with Crippen molar-refractivity contribution in [3.8, 4) is 0 Å². The zero-order valence-corrected chi connectivity index (χ0v) is 14.1. The molecule has 0 heterocycles. The van der Waals surface area contributed by atoms with Gasteiger partial charge in [-0.05, 0) is 56.0 Å². The van der Waals surface area contributed by atoms with E-state index in [9.17, 15) is 13.2 Å². The SMILES string of the molecule is CCN(C)C=Nc1cc(C)c(C(=S)CCC(F)(F)F)cc1C. The molecule has 0 bridgehead atoms. The molecule has 22 heavy (non-hydrogen) atoms. The largest absolute Gasteiger partial charge is 0.389 e. The van der Waals surface area contributed by atoms with E-state index in [2.05, 4.69) is 4.99 Å². The minimum absolute atomic E-state index is 0.152. The van der Waals surface area contributed by atoms with Crippen LogP contribution in [-0.2, 0) is 0 Å². The van der Waals surface area contributed by atoms with Gasteiger partial charge in [0.05, 0.1) is 12.0 Å². The normalized spacial score (nSPS) is 12.0. The highest BCUT2D eigenvalue weighted by Crippen LogP contribution is 2.27. The fourth-order valence-electron chi connectivity index (χ4n) is 1.87. The number of aliphatic imine (C=N–C) groups is 1. The minimum atomic E-state index is -4.18. The van der Waals surface area contributed by atoms with E-state index in [1.807, 2.05) is 44.9 Å². The highest BCUT2D eigenvalue weighted by Gasteiger charge is 2.27. The molecule has 122 valence electrons. The van der Waals surface area contributed by atoms with Crippen LogP contribution in [0.4, 0.5) is 18.9 Å². The monoisotopic (exact) mass is 330 g/mol. The van der Waals surface area contributed by atoms with Gasteiger partial charge in [-0.25, -0.2) is 4.99 Å².